The highest BCUT2D eigenvalue weighted by Gasteiger charge is 2.32. The fourth-order valence-corrected chi connectivity index (χ4v) is 4.90. The van der Waals surface area contributed by atoms with Crippen molar-refractivity contribution in [2.45, 2.75) is 36.2 Å². The van der Waals surface area contributed by atoms with Gasteiger partial charge < -0.3 is 0 Å². The average Bonchev–Trinajstić information content (AvgIpc) is 2.53. The Morgan fingerprint density at radius 1 is 1.42 bits per heavy atom. The lowest BCUT2D eigenvalue weighted by atomic mass is 10.0. The first-order valence-electron chi connectivity index (χ1n) is 4.51. The van der Waals surface area contributed by atoms with E-state index < -0.39 is 0 Å². The van der Waals surface area contributed by atoms with Crippen LogP contribution in [0.5, 0.6) is 0 Å². The predicted octanol–water partition coefficient (Wildman–Crippen LogP) is 3.03. The van der Waals surface area contributed by atoms with E-state index in [0.717, 1.165) is 10.5 Å². The third-order valence-electron chi connectivity index (χ3n) is 2.74. The topological polar surface area (TPSA) is 12.9 Å². The number of hydrogen-bond donors (Lipinski definition) is 0. The zero-order valence-electron chi connectivity index (χ0n) is 6.82. The van der Waals surface area contributed by atoms with Crippen LogP contribution in [-0.2, 0) is 6.42 Å². The maximum atomic E-state index is 4.44. The van der Waals surface area contributed by atoms with Crippen molar-refractivity contribution in [1.82, 2.24) is 4.98 Å². The number of thiazole rings is 1. The molecule has 0 radical (unpaired) electrons. The Balaban J connectivity index is 2.04. The highest BCUT2D eigenvalue weighted by molar-refractivity contribution is 8.00. The molecule has 3 heteroatoms. The van der Waals surface area contributed by atoms with E-state index in [1.807, 2.05) is 16.8 Å². The Morgan fingerprint density at radius 2 is 2.42 bits per heavy atom. The summed E-state index contributed by atoms with van der Waals surface area (Å²) in [4.78, 5) is 6.02. The SMILES string of the molecule is c1nc2c(s1)C1CCCC(C2)S1. The number of hydrogen-bond acceptors (Lipinski definition) is 3. The molecule has 0 N–H and O–H groups in total. The van der Waals surface area contributed by atoms with Crippen LogP contribution in [0.4, 0.5) is 0 Å². The van der Waals surface area contributed by atoms with Gasteiger partial charge >= 0.3 is 0 Å². The van der Waals surface area contributed by atoms with E-state index in [2.05, 4.69) is 16.7 Å². The number of rotatable bonds is 0. The van der Waals surface area contributed by atoms with E-state index in [0.29, 0.717) is 0 Å². The summed E-state index contributed by atoms with van der Waals surface area (Å²) in [6, 6.07) is 0. The minimum Gasteiger partial charge on any atom is -0.249 e. The Morgan fingerprint density at radius 3 is 3.42 bits per heavy atom. The van der Waals surface area contributed by atoms with Crippen molar-refractivity contribution < 1.29 is 0 Å². The number of nitrogens with zero attached hydrogens (tertiary/aromatic N) is 1. The van der Waals surface area contributed by atoms with Gasteiger partial charge in [-0.25, -0.2) is 4.98 Å². The molecular weight excluding hydrogens is 186 g/mol. The first-order chi connectivity index (χ1) is 5.93. The normalized spacial score (nSPS) is 33.0. The van der Waals surface area contributed by atoms with E-state index in [4.69, 9.17) is 0 Å². The van der Waals surface area contributed by atoms with Gasteiger partial charge in [-0.15, -0.1) is 23.1 Å². The van der Waals surface area contributed by atoms with E-state index in [1.54, 1.807) is 4.88 Å². The summed E-state index contributed by atoms with van der Waals surface area (Å²) < 4.78 is 0. The fraction of sp³-hybridized carbons (Fsp3) is 0.667. The molecule has 0 aromatic carbocycles. The van der Waals surface area contributed by atoms with Crippen LogP contribution in [0.3, 0.4) is 0 Å². The van der Waals surface area contributed by atoms with Crippen molar-refractivity contribution in [3.05, 3.63) is 16.1 Å². The van der Waals surface area contributed by atoms with Crippen molar-refractivity contribution >= 4 is 23.1 Å². The molecule has 1 saturated heterocycles. The molecule has 3 rings (SSSR count). The van der Waals surface area contributed by atoms with Crippen LogP contribution in [0.25, 0.3) is 0 Å². The van der Waals surface area contributed by atoms with Gasteiger partial charge in [0.2, 0.25) is 0 Å². The maximum Gasteiger partial charge on any atom is 0.0798 e. The predicted molar refractivity (Wildman–Crippen MR) is 53.8 cm³/mol. The average molecular weight is 197 g/mol. The second-order valence-electron chi connectivity index (χ2n) is 3.55. The van der Waals surface area contributed by atoms with E-state index in [1.165, 1.54) is 31.4 Å². The molecule has 1 nitrogen and oxygen atoms in total. The third-order valence-corrected chi connectivity index (χ3v) is 5.46. The Hall–Kier alpha value is -0.0200. The molecule has 1 fully saturated rings. The molecule has 2 bridgehead atoms. The zero-order chi connectivity index (χ0) is 7.97. The van der Waals surface area contributed by atoms with Crippen molar-refractivity contribution in [2.75, 3.05) is 0 Å². The summed E-state index contributed by atoms with van der Waals surface area (Å²) in [6.07, 6.45) is 5.47. The minimum atomic E-state index is 0.806. The first-order valence-corrected chi connectivity index (χ1v) is 6.33. The summed E-state index contributed by atoms with van der Waals surface area (Å²) in [5.41, 5.74) is 3.43. The lowest BCUT2D eigenvalue weighted by molar-refractivity contribution is 0.587. The molecule has 0 spiro atoms. The van der Waals surface area contributed by atoms with Crippen LogP contribution in [0, 0.1) is 0 Å². The second-order valence-corrected chi connectivity index (χ2v) is 5.94. The molecule has 64 valence electrons. The van der Waals surface area contributed by atoms with Crippen LogP contribution in [0.2, 0.25) is 0 Å². The third kappa shape index (κ3) is 1.03. The van der Waals surface area contributed by atoms with Crippen molar-refractivity contribution in [3.63, 3.8) is 0 Å². The summed E-state index contributed by atoms with van der Waals surface area (Å²) >= 11 is 4.05. The van der Waals surface area contributed by atoms with Crippen LogP contribution in [0.15, 0.2) is 5.51 Å². The van der Waals surface area contributed by atoms with Crippen LogP contribution in [0.1, 0.15) is 35.1 Å². The fourth-order valence-electron chi connectivity index (χ4n) is 2.15. The summed E-state index contributed by atoms with van der Waals surface area (Å²) in [7, 11) is 0. The summed E-state index contributed by atoms with van der Waals surface area (Å²) in [5, 5.41) is 1.69. The second kappa shape index (κ2) is 2.74. The van der Waals surface area contributed by atoms with Crippen molar-refractivity contribution in [1.29, 1.82) is 0 Å². The highest BCUT2D eigenvalue weighted by Crippen LogP contribution is 2.49. The number of fused-ring (bicyclic) bond motifs is 4. The molecule has 2 aliphatic rings. The Kier molecular flexibility index (Phi) is 1.69. The van der Waals surface area contributed by atoms with Gasteiger partial charge in [0.15, 0.2) is 0 Å². The summed E-state index contributed by atoms with van der Waals surface area (Å²) in [5.74, 6) is 0. The highest BCUT2D eigenvalue weighted by atomic mass is 32.2. The van der Waals surface area contributed by atoms with Crippen LogP contribution >= 0.6 is 23.1 Å². The molecule has 12 heavy (non-hydrogen) atoms. The van der Waals surface area contributed by atoms with Crippen molar-refractivity contribution in [2.24, 2.45) is 0 Å². The standard InChI is InChI=1S/C9H11NS2/c1-2-6-4-7-9(11-5-10-7)8(3-1)12-6/h5-6,8H,1-4H2. The molecule has 1 aromatic heterocycles. The van der Waals surface area contributed by atoms with E-state index in [9.17, 15) is 0 Å². The molecule has 0 amide bonds. The van der Waals surface area contributed by atoms with Gasteiger partial charge in [-0.05, 0) is 12.8 Å². The molecule has 1 aromatic rings. The van der Waals surface area contributed by atoms with E-state index in [-0.39, 0.29) is 0 Å². The Labute approximate surface area is 80.6 Å². The van der Waals surface area contributed by atoms with Gasteiger partial charge in [-0.2, -0.15) is 0 Å². The van der Waals surface area contributed by atoms with Gasteiger partial charge in [0.25, 0.3) is 0 Å². The molecule has 0 saturated carbocycles. The van der Waals surface area contributed by atoms with Crippen LogP contribution in [-0.4, -0.2) is 10.2 Å². The summed E-state index contributed by atoms with van der Waals surface area (Å²) in [6.45, 7) is 0. The molecule has 2 atom stereocenters. The smallest absolute Gasteiger partial charge is 0.0798 e. The number of aromatic nitrogens is 1. The number of thioether (sulfide) groups is 1. The van der Waals surface area contributed by atoms with Gasteiger partial charge in [0, 0.05) is 21.8 Å². The quantitative estimate of drug-likeness (QED) is 0.634. The van der Waals surface area contributed by atoms with Gasteiger partial charge in [0.05, 0.1) is 11.2 Å². The molecule has 2 aliphatic heterocycles. The lowest BCUT2D eigenvalue weighted by Gasteiger charge is -2.32. The van der Waals surface area contributed by atoms with Gasteiger partial charge in [-0.1, -0.05) is 6.42 Å². The lowest BCUT2D eigenvalue weighted by Crippen LogP contribution is -2.21. The molecule has 2 unspecified atom stereocenters. The monoisotopic (exact) mass is 197 g/mol. The van der Waals surface area contributed by atoms with Gasteiger partial charge in [0.1, 0.15) is 0 Å². The molecule has 0 aliphatic carbocycles. The molecular formula is C9H11NS2. The maximum absolute atomic E-state index is 4.44. The minimum absolute atomic E-state index is 0.806. The Bertz CT molecular complexity index is 294. The molecule has 3 heterocycles. The first kappa shape index (κ1) is 7.39. The largest absolute Gasteiger partial charge is 0.249 e. The van der Waals surface area contributed by atoms with Crippen LogP contribution < -0.4 is 0 Å². The van der Waals surface area contributed by atoms with E-state index >= 15 is 0 Å². The zero-order valence-corrected chi connectivity index (χ0v) is 8.46. The van der Waals surface area contributed by atoms with Gasteiger partial charge in [-0.3, -0.25) is 0 Å². The van der Waals surface area contributed by atoms with Crippen molar-refractivity contribution in [3.8, 4) is 0 Å².